The van der Waals surface area contributed by atoms with Gasteiger partial charge in [-0.15, -0.1) is 0 Å². The fourth-order valence-electron chi connectivity index (χ4n) is 1.76. The van der Waals surface area contributed by atoms with Crippen LogP contribution in [0.2, 0.25) is 0 Å². The average Bonchev–Trinajstić information content (AvgIpc) is 2.85. The molecule has 78 valence electrons. The molecule has 1 fully saturated rings. The summed E-state index contributed by atoms with van der Waals surface area (Å²) in [5.74, 6) is 0.838. The maximum Gasteiger partial charge on any atom is 0.0161 e. The summed E-state index contributed by atoms with van der Waals surface area (Å²) >= 11 is 0. The predicted molar refractivity (Wildman–Crippen MR) is 57.9 cm³/mol. The molecule has 0 heterocycles. The zero-order chi connectivity index (χ0) is 9.90. The molecular weight excluding hydrogens is 160 g/mol. The molecule has 1 unspecified atom stereocenters. The minimum Gasteiger partial charge on any atom is -0.316 e. The predicted octanol–water partition coefficient (Wildman–Crippen LogP) is 1.62. The van der Waals surface area contributed by atoms with Gasteiger partial charge in [-0.1, -0.05) is 13.8 Å². The molecule has 0 aromatic carbocycles. The van der Waals surface area contributed by atoms with E-state index in [2.05, 4.69) is 31.4 Å². The van der Waals surface area contributed by atoms with Crippen molar-refractivity contribution in [2.24, 2.45) is 11.3 Å². The van der Waals surface area contributed by atoms with Crippen molar-refractivity contribution in [1.29, 1.82) is 0 Å². The van der Waals surface area contributed by atoms with E-state index in [1.807, 2.05) is 7.05 Å². The molecule has 0 bridgehead atoms. The van der Waals surface area contributed by atoms with Crippen LogP contribution in [0.3, 0.4) is 0 Å². The van der Waals surface area contributed by atoms with Crippen molar-refractivity contribution in [3.8, 4) is 0 Å². The smallest absolute Gasteiger partial charge is 0.0161 e. The van der Waals surface area contributed by atoms with E-state index < -0.39 is 0 Å². The lowest BCUT2D eigenvalue weighted by Gasteiger charge is -2.21. The fraction of sp³-hybridized carbons (Fsp3) is 1.00. The average molecular weight is 184 g/mol. The van der Waals surface area contributed by atoms with Gasteiger partial charge in [-0.2, -0.15) is 0 Å². The van der Waals surface area contributed by atoms with Gasteiger partial charge in [0.2, 0.25) is 0 Å². The number of likely N-dealkylation sites (N-methyl/N-ethyl adjacent to an activating group) is 1. The lowest BCUT2D eigenvalue weighted by Crippen LogP contribution is -2.37. The second-order valence-electron chi connectivity index (χ2n) is 4.84. The van der Waals surface area contributed by atoms with Gasteiger partial charge < -0.3 is 10.6 Å². The van der Waals surface area contributed by atoms with Crippen LogP contribution >= 0.6 is 0 Å². The molecule has 0 aromatic heterocycles. The largest absolute Gasteiger partial charge is 0.316 e. The molecule has 1 rings (SSSR count). The maximum absolute atomic E-state index is 3.56. The Bertz CT molecular complexity index is 150. The highest BCUT2D eigenvalue weighted by molar-refractivity contribution is 4.97. The van der Waals surface area contributed by atoms with Gasteiger partial charge in [0, 0.05) is 19.1 Å². The molecule has 2 heteroatoms. The summed E-state index contributed by atoms with van der Waals surface area (Å²) < 4.78 is 0. The monoisotopic (exact) mass is 184 g/mol. The van der Waals surface area contributed by atoms with Crippen LogP contribution in [0.5, 0.6) is 0 Å². The van der Waals surface area contributed by atoms with Gasteiger partial charge in [0.15, 0.2) is 0 Å². The normalized spacial score (nSPS) is 21.9. The van der Waals surface area contributed by atoms with E-state index in [1.165, 1.54) is 19.4 Å². The van der Waals surface area contributed by atoms with E-state index >= 15 is 0 Å². The zero-order valence-corrected chi connectivity index (χ0v) is 9.48. The Balaban J connectivity index is 2.12. The van der Waals surface area contributed by atoms with Gasteiger partial charge in [0.05, 0.1) is 0 Å². The van der Waals surface area contributed by atoms with Gasteiger partial charge in [-0.05, 0) is 38.1 Å². The summed E-state index contributed by atoms with van der Waals surface area (Å²) in [6.45, 7) is 9.19. The second kappa shape index (κ2) is 4.43. The minimum absolute atomic E-state index is 0.586. The maximum atomic E-state index is 3.56. The molecule has 0 aromatic rings. The molecular formula is C11H24N2. The molecule has 0 radical (unpaired) electrons. The third-order valence-electron chi connectivity index (χ3n) is 3.54. The molecule has 1 atom stereocenters. The number of hydrogen-bond donors (Lipinski definition) is 2. The topological polar surface area (TPSA) is 24.1 Å². The third kappa shape index (κ3) is 2.96. The Morgan fingerprint density at radius 3 is 2.23 bits per heavy atom. The van der Waals surface area contributed by atoms with E-state index in [0.717, 1.165) is 12.5 Å². The number of nitrogens with one attached hydrogen (secondary N) is 2. The van der Waals surface area contributed by atoms with E-state index in [1.54, 1.807) is 0 Å². The van der Waals surface area contributed by atoms with Crippen LogP contribution in [0, 0.1) is 11.3 Å². The second-order valence-corrected chi connectivity index (χ2v) is 4.84. The Morgan fingerprint density at radius 2 is 1.85 bits per heavy atom. The van der Waals surface area contributed by atoms with Crippen molar-refractivity contribution in [2.45, 2.75) is 39.7 Å². The van der Waals surface area contributed by atoms with Crippen molar-refractivity contribution in [3.63, 3.8) is 0 Å². The van der Waals surface area contributed by atoms with Crippen LogP contribution in [0.4, 0.5) is 0 Å². The van der Waals surface area contributed by atoms with Crippen LogP contribution < -0.4 is 10.6 Å². The molecule has 1 saturated carbocycles. The first-order valence-electron chi connectivity index (χ1n) is 5.49. The highest BCUT2D eigenvalue weighted by atomic mass is 15.0. The zero-order valence-electron chi connectivity index (χ0n) is 9.48. The first-order valence-corrected chi connectivity index (χ1v) is 5.49. The summed E-state index contributed by atoms with van der Waals surface area (Å²) in [7, 11) is 2.02. The summed E-state index contributed by atoms with van der Waals surface area (Å²) in [5, 5.41) is 6.80. The van der Waals surface area contributed by atoms with E-state index in [0.29, 0.717) is 11.5 Å². The lowest BCUT2D eigenvalue weighted by atomic mass is 9.92. The number of rotatable bonds is 6. The van der Waals surface area contributed by atoms with E-state index in [4.69, 9.17) is 0 Å². The first kappa shape index (κ1) is 11.0. The van der Waals surface area contributed by atoms with Crippen LogP contribution in [-0.4, -0.2) is 26.2 Å². The molecule has 0 aliphatic heterocycles. The molecule has 0 saturated heterocycles. The minimum atomic E-state index is 0.586. The van der Waals surface area contributed by atoms with Crippen molar-refractivity contribution in [3.05, 3.63) is 0 Å². The highest BCUT2D eigenvalue weighted by Crippen LogP contribution is 2.51. The molecule has 2 nitrogen and oxygen atoms in total. The Labute approximate surface area is 82.5 Å². The SMILES string of the molecule is CNC(C)CNCC1(C(C)C)CC1. The van der Waals surface area contributed by atoms with Gasteiger partial charge >= 0.3 is 0 Å². The van der Waals surface area contributed by atoms with Crippen molar-refractivity contribution < 1.29 is 0 Å². The Morgan fingerprint density at radius 1 is 1.23 bits per heavy atom. The molecule has 2 N–H and O–H groups in total. The number of hydrogen-bond acceptors (Lipinski definition) is 2. The Hall–Kier alpha value is -0.0800. The van der Waals surface area contributed by atoms with Crippen LogP contribution in [0.1, 0.15) is 33.6 Å². The van der Waals surface area contributed by atoms with Crippen molar-refractivity contribution >= 4 is 0 Å². The van der Waals surface area contributed by atoms with Crippen molar-refractivity contribution in [1.82, 2.24) is 10.6 Å². The molecule has 1 aliphatic carbocycles. The van der Waals surface area contributed by atoms with Gasteiger partial charge in [0.25, 0.3) is 0 Å². The van der Waals surface area contributed by atoms with Crippen LogP contribution in [0.25, 0.3) is 0 Å². The standard InChI is InChI=1S/C11H24N2/c1-9(2)11(5-6-11)8-13-7-10(3)12-4/h9-10,12-13H,5-8H2,1-4H3. The molecule has 1 aliphatic rings. The van der Waals surface area contributed by atoms with Gasteiger partial charge in [-0.25, -0.2) is 0 Å². The molecule has 0 spiro atoms. The van der Waals surface area contributed by atoms with E-state index in [9.17, 15) is 0 Å². The summed E-state index contributed by atoms with van der Waals surface area (Å²) in [4.78, 5) is 0. The molecule has 13 heavy (non-hydrogen) atoms. The van der Waals surface area contributed by atoms with E-state index in [-0.39, 0.29) is 0 Å². The molecule has 0 amide bonds. The highest BCUT2D eigenvalue weighted by Gasteiger charge is 2.44. The summed E-state index contributed by atoms with van der Waals surface area (Å²) in [5.41, 5.74) is 0.646. The third-order valence-corrected chi connectivity index (χ3v) is 3.54. The fourth-order valence-corrected chi connectivity index (χ4v) is 1.76. The first-order chi connectivity index (χ1) is 6.10. The Kier molecular flexibility index (Phi) is 3.74. The van der Waals surface area contributed by atoms with Crippen LogP contribution in [-0.2, 0) is 0 Å². The quantitative estimate of drug-likeness (QED) is 0.655. The summed E-state index contributed by atoms with van der Waals surface area (Å²) in [6, 6.07) is 0.586. The van der Waals surface area contributed by atoms with Crippen LogP contribution in [0.15, 0.2) is 0 Å². The lowest BCUT2D eigenvalue weighted by molar-refractivity contribution is 0.333. The van der Waals surface area contributed by atoms with Crippen molar-refractivity contribution in [2.75, 3.05) is 20.1 Å². The van der Waals surface area contributed by atoms with Gasteiger partial charge in [0.1, 0.15) is 0 Å². The van der Waals surface area contributed by atoms with Gasteiger partial charge in [-0.3, -0.25) is 0 Å². The summed E-state index contributed by atoms with van der Waals surface area (Å²) in [6.07, 6.45) is 2.84.